The van der Waals surface area contributed by atoms with Crippen molar-refractivity contribution < 1.29 is 22.4 Å². The summed E-state index contributed by atoms with van der Waals surface area (Å²) >= 11 is 0.353. The summed E-state index contributed by atoms with van der Waals surface area (Å²) in [6.45, 7) is 0. The van der Waals surface area contributed by atoms with Gasteiger partial charge in [-0.2, -0.15) is 13.8 Å². The number of amides is 1. The fraction of sp³-hybridized carbons (Fsp3) is 0. The van der Waals surface area contributed by atoms with Gasteiger partial charge in [0.2, 0.25) is 5.91 Å². The molecule has 0 spiro atoms. The predicted molar refractivity (Wildman–Crippen MR) is 63.2 cm³/mol. The van der Waals surface area contributed by atoms with Crippen molar-refractivity contribution in [3.8, 4) is 0 Å². The maximum Gasteiger partial charge on any atom is 0.252 e. The average Bonchev–Trinajstić information content (AvgIpc) is 2.41. The van der Waals surface area contributed by atoms with Crippen LogP contribution in [0.3, 0.4) is 0 Å². The Hall–Kier alpha value is -2.09. The topological polar surface area (TPSA) is 56.0 Å². The van der Waals surface area contributed by atoms with Gasteiger partial charge in [-0.1, -0.05) is 23.9 Å². The van der Waals surface area contributed by atoms with Crippen LogP contribution in [0.5, 0.6) is 0 Å². The van der Waals surface area contributed by atoms with Crippen LogP contribution in [0.2, 0.25) is 0 Å². The number of benzene rings is 1. The van der Waals surface area contributed by atoms with Crippen molar-refractivity contribution in [1.29, 1.82) is 0 Å². The molecule has 1 heterocycles. The SMILES string of the molecule is NC(=O)c1ccccc1Sc1c(F)c(F)nc(F)c1F. The Balaban J connectivity index is 2.54. The number of nitrogens with zero attached hydrogens (tertiary/aromatic N) is 1. The fourth-order valence-corrected chi connectivity index (χ4v) is 2.42. The van der Waals surface area contributed by atoms with Gasteiger partial charge in [0.1, 0.15) is 0 Å². The Bertz CT molecular complexity index is 667. The molecule has 0 radical (unpaired) electrons. The normalized spacial score (nSPS) is 10.6. The van der Waals surface area contributed by atoms with E-state index in [1.807, 2.05) is 0 Å². The van der Waals surface area contributed by atoms with E-state index in [0.29, 0.717) is 11.8 Å². The first-order chi connectivity index (χ1) is 9.41. The molecular weight excluding hydrogens is 296 g/mol. The second kappa shape index (κ2) is 5.49. The summed E-state index contributed by atoms with van der Waals surface area (Å²) in [6.07, 6.45) is 0. The molecule has 0 saturated heterocycles. The number of carbonyl (C=O) groups is 1. The van der Waals surface area contributed by atoms with Crippen LogP contribution in [0.25, 0.3) is 0 Å². The number of rotatable bonds is 3. The lowest BCUT2D eigenvalue weighted by Crippen LogP contribution is -2.12. The van der Waals surface area contributed by atoms with Crippen molar-refractivity contribution in [1.82, 2.24) is 4.98 Å². The van der Waals surface area contributed by atoms with Gasteiger partial charge in [-0.15, -0.1) is 0 Å². The maximum atomic E-state index is 13.5. The molecule has 0 aliphatic carbocycles. The van der Waals surface area contributed by atoms with Gasteiger partial charge in [-0.3, -0.25) is 4.79 Å². The first-order valence-electron chi connectivity index (χ1n) is 5.18. The second-order valence-corrected chi connectivity index (χ2v) is 4.67. The number of primary amides is 1. The number of hydrogen-bond acceptors (Lipinski definition) is 3. The van der Waals surface area contributed by atoms with Crippen molar-refractivity contribution in [2.45, 2.75) is 9.79 Å². The summed E-state index contributed by atoms with van der Waals surface area (Å²) in [6, 6.07) is 5.65. The van der Waals surface area contributed by atoms with E-state index in [9.17, 15) is 22.4 Å². The molecule has 0 fully saturated rings. The molecule has 0 unspecified atom stereocenters. The van der Waals surface area contributed by atoms with Gasteiger partial charge in [0.25, 0.3) is 11.9 Å². The largest absolute Gasteiger partial charge is 0.366 e. The van der Waals surface area contributed by atoms with E-state index in [1.54, 1.807) is 0 Å². The minimum atomic E-state index is -1.76. The van der Waals surface area contributed by atoms with Crippen LogP contribution in [0.15, 0.2) is 34.1 Å². The average molecular weight is 302 g/mol. The molecule has 8 heteroatoms. The van der Waals surface area contributed by atoms with Crippen LogP contribution in [0.4, 0.5) is 17.6 Å². The fourth-order valence-electron chi connectivity index (χ4n) is 1.43. The molecule has 0 aliphatic heterocycles. The molecule has 20 heavy (non-hydrogen) atoms. The van der Waals surface area contributed by atoms with Crippen LogP contribution in [-0.2, 0) is 0 Å². The number of nitrogens with two attached hydrogens (primary N) is 1. The lowest BCUT2D eigenvalue weighted by molar-refractivity contribution is 0.0997. The summed E-state index contributed by atoms with van der Waals surface area (Å²) in [7, 11) is 0. The number of pyridine rings is 1. The Morgan fingerprint density at radius 2 is 1.60 bits per heavy atom. The monoisotopic (exact) mass is 302 g/mol. The van der Waals surface area contributed by atoms with Crippen molar-refractivity contribution in [2.24, 2.45) is 5.73 Å². The van der Waals surface area contributed by atoms with Crippen LogP contribution >= 0.6 is 11.8 Å². The highest BCUT2D eigenvalue weighted by atomic mass is 32.2. The summed E-state index contributed by atoms with van der Waals surface area (Å²) in [4.78, 5) is 12.8. The molecule has 1 aromatic carbocycles. The van der Waals surface area contributed by atoms with Gasteiger partial charge >= 0.3 is 0 Å². The molecule has 3 nitrogen and oxygen atoms in total. The summed E-state index contributed by atoms with van der Waals surface area (Å²) in [5.74, 6) is -7.61. The first-order valence-corrected chi connectivity index (χ1v) is 6.00. The number of carbonyl (C=O) groups excluding carboxylic acids is 1. The van der Waals surface area contributed by atoms with E-state index in [0.717, 1.165) is 0 Å². The zero-order valence-corrected chi connectivity index (χ0v) is 10.5. The van der Waals surface area contributed by atoms with E-state index in [2.05, 4.69) is 4.98 Å². The van der Waals surface area contributed by atoms with E-state index in [4.69, 9.17) is 5.73 Å². The number of hydrogen-bond donors (Lipinski definition) is 1. The van der Waals surface area contributed by atoms with E-state index >= 15 is 0 Å². The molecule has 0 bridgehead atoms. The standard InChI is InChI=1S/C12H6F4N2OS/c13-7-9(8(14)11(16)18-10(7)15)20-6-4-2-1-3-5(6)12(17)19/h1-4H,(H2,17,19). The predicted octanol–water partition coefficient (Wildman–Crippen LogP) is 2.89. The van der Waals surface area contributed by atoms with Crippen LogP contribution in [-0.4, -0.2) is 10.9 Å². The van der Waals surface area contributed by atoms with Gasteiger partial charge in [0.05, 0.1) is 10.5 Å². The Morgan fingerprint density at radius 3 is 2.15 bits per heavy atom. The Kier molecular flexibility index (Phi) is 3.93. The molecule has 1 amide bonds. The van der Waals surface area contributed by atoms with Gasteiger partial charge in [0, 0.05) is 4.90 Å². The lowest BCUT2D eigenvalue weighted by Gasteiger charge is -2.08. The molecule has 1 aromatic heterocycles. The third kappa shape index (κ3) is 2.60. The smallest absolute Gasteiger partial charge is 0.252 e. The summed E-state index contributed by atoms with van der Waals surface area (Å²) < 4.78 is 52.9. The van der Waals surface area contributed by atoms with Gasteiger partial charge in [0.15, 0.2) is 11.6 Å². The summed E-state index contributed by atoms with van der Waals surface area (Å²) in [5.41, 5.74) is 5.08. The lowest BCUT2D eigenvalue weighted by atomic mass is 10.2. The molecule has 0 aliphatic rings. The van der Waals surface area contributed by atoms with Crippen molar-refractivity contribution in [2.75, 3.05) is 0 Å². The number of aromatic nitrogens is 1. The highest BCUT2D eigenvalue weighted by Gasteiger charge is 2.22. The van der Waals surface area contributed by atoms with Gasteiger partial charge < -0.3 is 5.73 Å². The Labute approximate surface area is 114 Å². The highest BCUT2D eigenvalue weighted by Crippen LogP contribution is 2.35. The number of halogens is 4. The second-order valence-electron chi connectivity index (χ2n) is 3.61. The maximum absolute atomic E-state index is 13.5. The zero-order valence-electron chi connectivity index (χ0n) is 9.66. The van der Waals surface area contributed by atoms with Crippen molar-refractivity contribution >= 4 is 17.7 Å². The minimum Gasteiger partial charge on any atom is -0.366 e. The summed E-state index contributed by atoms with van der Waals surface area (Å²) in [5, 5.41) is 0. The third-order valence-corrected chi connectivity index (χ3v) is 3.46. The third-order valence-electron chi connectivity index (χ3n) is 2.32. The molecule has 0 atom stereocenters. The quantitative estimate of drug-likeness (QED) is 0.700. The highest BCUT2D eigenvalue weighted by molar-refractivity contribution is 7.99. The molecule has 2 rings (SSSR count). The van der Waals surface area contributed by atoms with Crippen LogP contribution in [0.1, 0.15) is 10.4 Å². The molecule has 2 aromatic rings. The Morgan fingerprint density at radius 1 is 1.05 bits per heavy atom. The van der Waals surface area contributed by atoms with Crippen molar-refractivity contribution in [3.05, 3.63) is 53.4 Å². The molecule has 2 N–H and O–H groups in total. The van der Waals surface area contributed by atoms with Gasteiger partial charge in [-0.05, 0) is 12.1 Å². The minimum absolute atomic E-state index is 0.0195. The first kappa shape index (κ1) is 14.3. The van der Waals surface area contributed by atoms with E-state index in [-0.39, 0.29) is 10.5 Å². The van der Waals surface area contributed by atoms with Crippen LogP contribution < -0.4 is 5.73 Å². The molecular formula is C12H6F4N2OS. The van der Waals surface area contributed by atoms with E-state index in [1.165, 1.54) is 24.3 Å². The van der Waals surface area contributed by atoms with Gasteiger partial charge in [-0.25, -0.2) is 8.78 Å². The molecule has 0 saturated carbocycles. The van der Waals surface area contributed by atoms with E-state index < -0.39 is 34.3 Å². The molecule has 104 valence electrons. The van der Waals surface area contributed by atoms with Crippen LogP contribution in [0, 0.1) is 23.5 Å². The zero-order chi connectivity index (χ0) is 14.9. The van der Waals surface area contributed by atoms with Crippen molar-refractivity contribution in [3.63, 3.8) is 0 Å².